The van der Waals surface area contributed by atoms with E-state index in [9.17, 15) is 9.59 Å². The van der Waals surface area contributed by atoms with E-state index in [4.69, 9.17) is 4.74 Å². The van der Waals surface area contributed by atoms with Gasteiger partial charge in [-0.1, -0.05) is 30.3 Å². The number of piperazine rings is 1. The van der Waals surface area contributed by atoms with Gasteiger partial charge in [-0.3, -0.25) is 9.59 Å². The van der Waals surface area contributed by atoms with E-state index in [2.05, 4.69) is 21.2 Å². The quantitative estimate of drug-likeness (QED) is 0.468. The molecule has 3 aromatic carbocycles. The molecular formula is C30H36N4O3. The van der Waals surface area contributed by atoms with Crippen LogP contribution >= 0.6 is 0 Å². The molecule has 4 rings (SSSR count). The van der Waals surface area contributed by atoms with E-state index in [1.165, 1.54) is 0 Å². The number of methoxy groups -OCH3 is 1. The predicted octanol–water partition coefficient (Wildman–Crippen LogP) is 5.06. The average molecular weight is 501 g/mol. The highest BCUT2D eigenvalue weighted by atomic mass is 16.5. The minimum Gasteiger partial charge on any atom is -0.495 e. The minimum atomic E-state index is -0.183. The number of para-hydroxylation sites is 2. The Balaban J connectivity index is 1.59. The molecule has 3 aromatic rings. The third-order valence-corrected chi connectivity index (χ3v) is 6.97. The minimum absolute atomic E-state index is 0.0286. The summed E-state index contributed by atoms with van der Waals surface area (Å²) in [7, 11) is 1.69. The van der Waals surface area contributed by atoms with Crippen molar-refractivity contribution < 1.29 is 14.3 Å². The molecule has 2 amide bonds. The summed E-state index contributed by atoms with van der Waals surface area (Å²) in [6.45, 7) is 10.3. The van der Waals surface area contributed by atoms with Crippen LogP contribution in [-0.4, -0.2) is 63.1 Å². The summed E-state index contributed by atoms with van der Waals surface area (Å²) in [4.78, 5) is 32.9. The lowest BCUT2D eigenvalue weighted by atomic mass is 10.1. The zero-order chi connectivity index (χ0) is 26.4. The first-order valence-corrected chi connectivity index (χ1v) is 12.9. The first kappa shape index (κ1) is 26.1. The Hall–Kier alpha value is -4.00. The molecule has 37 heavy (non-hydrogen) atoms. The number of anilines is 3. The van der Waals surface area contributed by atoms with Crippen molar-refractivity contribution in [2.24, 2.45) is 0 Å². The molecule has 0 unspecified atom stereocenters. The van der Waals surface area contributed by atoms with Crippen molar-refractivity contribution in [3.05, 3.63) is 83.4 Å². The zero-order valence-electron chi connectivity index (χ0n) is 22.2. The molecule has 1 aliphatic rings. The molecule has 0 aromatic heterocycles. The Morgan fingerprint density at radius 2 is 1.46 bits per heavy atom. The largest absolute Gasteiger partial charge is 0.495 e. The van der Waals surface area contributed by atoms with E-state index in [-0.39, 0.29) is 11.8 Å². The third-order valence-electron chi connectivity index (χ3n) is 6.97. The van der Waals surface area contributed by atoms with Gasteiger partial charge in [0.15, 0.2) is 0 Å². The Morgan fingerprint density at radius 3 is 2.11 bits per heavy atom. The van der Waals surface area contributed by atoms with Crippen LogP contribution in [0.4, 0.5) is 17.1 Å². The van der Waals surface area contributed by atoms with Crippen LogP contribution in [0.25, 0.3) is 0 Å². The molecule has 7 heteroatoms. The van der Waals surface area contributed by atoms with E-state index in [1.807, 2.05) is 86.3 Å². The number of carbonyl (C=O) groups is 2. The van der Waals surface area contributed by atoms with Crippen LogP contribution in [0.5, 0.6) is 5.75 Å². The van der Waals surface area contributed by atoms with Gasteiger partial charge in [0, 0.05) is 56.2 Å². The first-order chi connectivity index (χ1) is 18.0. The molecule has 0 radical (unpaired) electrons. The van der Waals surface area contributed by atoms with Gasteiger partial charge in [-0.15, -0.1) is 0 Å². The molecule has 7 nitrogen and oxygen atoms in total. The van der Waals surface area contributed by atoms with Crippen LogP contribution in [0.2, 0.25) is 0 Å². The normalized spacial score (nSPS) is 13.3. The molecule has 1 saturated heterocycles. The number of amides is 2. The van der Waals surface area contributed by atoms with Gasteiger partial charge in [-0.2, -0.15) is 0 Å². The number of ether oxygens (including phenoxy) is 1. The summed E-state index contributed by atoms with van der Waals surface area (Å²) in [5.74, 6) is 0.652. The monoisotopic (exact) mass is 500 g/mol. The van der Waals surface area contributed by atoms with E-state index in [1.54, 1.807) is 7.11 Å². The van der Waals surface area contributed by atoms with E-state index in [0.717, 1.165) is 48.9 Å². The number of carbonyl (C=O) groups excluding carboxylic acids is 2. The summed E-state index contributed by atoms with van der Waals surface area (Å²) in [6.07, 6.45) is 0. The van der Waals surface area contributed by atoms with Gasteiger partial charge >= 0.3 is 0 Å². The second-order valence-corrected chi connectivity index (χ2v) is 9.12. The van der Waals surface area contributed by atoms with Gasteiger partial charge in [-0.25, -0.2) is 0 Å². The van der Waals surface area contributed by atoms with Crippen molar-refractivity contribution in [3.63, 3.8) is 0 Å². The van der Waals surface area contributed by atoms with Gasteiger partial charge in [0.05, 0.1) is 18.4 Å². The fourth-order valence-corrected chi connectivity index (χ4v) is 4.85. The van der Waals surface area contributed by atoms with E-state index >= 15 is 0 Å². The lowest BCUT2D eigenvalue weighted by molar-refractivity contribution is 0.0773. The highest BCUT2D eigenvalue weighted by molar-refractivity contribution is 6.07. The molecule has 1 heterocycles. The van der Waals surface area contributed by atoms with Crippen LogP contribution in [-0.2, 0) is 0 Å². The number of hydrogen-bond donors (Lipinski definition) is 1. The highest BCUT2D eigenvalue weighted by Gasteiger charge is 2.25. The second-order valence-electron chi connectivity index (χ2n) is 9.12. The van der Waals surface area contributed by atoms with E-state index in [0.29, 0.717) is 29.9 Å². The van der Waals surface area contributed by atoms with Crippen molar-refractivity contribution in [2.75, 3.05) is 61.5 Å². The molecular weight excluding hydrogens is 464 g/mol. The zero-order valence-corrected chi connectivity index (χ0v) is 22.2. The highest BCUT2D eigenvalue weighted by Crippen LogP contribution is 2.31. The molecule has 1 fully saturated rings. The Bertz CT molecular complexity index is 1250. The van der Waals surface area contributed by atoms with Gasteiger partial charge in [0.1, 0.15) is 5.75 Å². The van der Waals surface area contributed by atoms with Crippen molar-refractivity contribution in [2.45, 2.75) is 20.8 Å². The Morgan fingerprint density at radius 1 is 0.838 bits per heavy atom. The smallest absolute Gasteiger partial charge is 0.256 e. The van der Waals surface area contributed by atoms with Crippen molar-refractivity contribution in [3.8, 4) is 5.75 Å². The van der Waals surface area contributed by atoms with Crippen LogP contribution < -0.4 is 19.9 Å². The van der Waals surface area contributed by atoms with E-state index < -0.39 is 0 Å². The predicted molar refractivity (Wildman–Crippen MR) is 150 cm³/mol. The van der Waals surface area contributed by atoms with Crippen molar-refractivity contribution in [1.82, 2.24) is 4.90 Å². The van der Waals surface area contributed by atoms with Gasteiger partial charge in [0.25, 0.3) is 11.8 Å². The molecule has 0 saturated carbocycles. The number of nitrogens with zero attached hydrogens (tertiary/aromatic N) is 3. The average Bonchev–Trinajstić information content (AvgIpc) is 2.94. The maximum Gasteiger partial charge on any atom is 0.256 e. The number of rotatable bonds is 8. The summed E-state index contributed by atoms with van der Waals surface area (Å²) < 4.78 is 5.56. The fraction of sp³-hybridized carbons (Fsp3) is 0.333. The molecule has 1 N–H and O–H groups in total. The SMILES string of the molecule is CCN(CC)C(=O)c1cc(NC(=O)c2ccccc2C)ccc1N1CCN(c2ccccc2OC)CC1. The third kappa shape index (κ3) is 5.71. The topological polar surface area (TPSA) is 65.1 Å². The number of aryl methyl sites for hydroxylation is 1. The maximum atomic E-state index is 13.6. The lowest BCUT2D eigenvalue weighted by Gasteiger charge is -2.38. The first-order valence-electron chi connectivity index (χ1n) is 12.9. The van der Waals surface area contributed by atoms with Gasteiger partial charge in [-0.05, 0) is 62.7 Å². The summed E-state index contributed by atoms with van der Waals surface area (Å²) in [5, 5.41) is 2.99. The molecule has 0 spiro atoms. The standard InChI is InChI=1S/C30H36N4O3/c1-5-32(6-2)30(36)25-21-23(31-29(35)24-12-8-7-11-22(24)3)15-16-26(25)33-17-19-34(20-18-33)27-13-9-10-14-28(27)37-4/h7-16,21H,5-6,17-20H2,1-4H3,(H,31,35). The van der Waals surface area contributed by atoms with Gasteiger partial charge < -0.3 is 24.8 Å². The lowest BCUT2D eigenvalue weighted by Crippen LogP contribution is -2.47. The molecule has 0 aliphatic carbocycles. The van der Waals surface area contributed by atoms with Crippen LogP contribution in [0.1, 0.15) is 40.1 Å². The molecule has 1 aliphatic heterocycles. The summed E-state index contributed by atoms with van der Waals surface area (Å²) >= 11 is 0. The number of nitrogens with one attached hydrogen (secondary N) is 1. The second kappa shape index (κ2) is 11.8. The fourth-order valence-electron chi connectivity index (χ4n) is 4.85. The maximum absolute atomic E-state index is 13.6. The van der Waals surface area contributed by atoms with Crippen molar-refractivity contribution >= 4 is 28.9 Å². The number of benzene rings is 3. The summed E-state index contributed by atoms with van der Waals surface area (Å²) in [5.41, 5.74) is 4.72. The Labute approximate surface area is 219 Å². The molecule has 194 valence electrons. The van der Waals surface area contributed by atoms with Crippen LogP contribution in [0, 0.1) is 6.92 Å². The molecule has 0 bridgehead atoms. The number of hydrogen-bond acceptors (Lipinski definition) is 5. The molecule has 0 atom stereocenters. The van der Waals surface area contributed by atoms with Crippen LogP contribution in [0.3, 0.4) is 0 Å². The van der Waals surface area contributed by atoms with Crippen molar-refractivity contribution in [1.29, 1.82) is 0 Å². The van der Waals surface area contributed by atoms with Crippen LogP contribution in [0.15, 0.2) is 66.7 Å². The van der Waals surface area contributed by atoms with Gasteiger partial charge in [0.2, 0.25) is 0 Å². The Kier molecular flexibility index (Phi) is 8.33. The summed E-state index contributed by atoms with van der Waals surface area (Å²) in [6, 6.07) is 21.2.